The van der Waals surface area contributed by atoms with Crippen LogP contribution in [-0.4, -0.2) is 61.0 Å². The van der Waals surface area contributed by atoms with E-state index in [1.54, 1.807) is 13.1 Å². The Kier molecular flexibility index (Phi) is 10.6. The minimum atomic E-state index is -0.160. The van der Waals surface area contributed by atoms with Crippen LogP contribution in [0.4, 0.5) is 4.39 Å². The third-order valence-corrected chi connectivity index (χ3v) is 5.32. The van der Waals surface area contributed by atoms with Crippen LogP contribution < -0.4 is 10.6 Å². The molecule has 0 bridgehead atoms. The van der Waals surface area contributed by atoms with Crippen molar-refractivity contribution in [2.75, 3.05) is 34.2 Å². The van der Waals surface area contributed by atoms with Gasteiger partial charge in [-0.25, -0.2) is 4.39 Å². The van der Waals surface area contributed by atoms with Crippen LogP contribution in [-0.2, 0) is 19.6 Å². The number of nitrogens with zero attached hydrogens (tertiary/aromatic N) is 4. The lowest BCUT2D eigenvalue weighted by Gasteiger charge is -2.32. The Morgan fingerprint density at radius 1 is 1.23 bits per heavy atom. The Labute approximate surface area is 202 Å². The van der Waals surface area contributed by atoms with Gasteiger partial charge in [0, 0.05) is 57.6 Å². The maximum Gasteiger partial charge on any atom is 0.191 e. The molecule has 0 amide bonds. The van der Waals surface area contributed by atoms with E-state index < -0.39 is 0 Å². The number of piperidine rings is 1. The maximum absolute atomic E-state index is 14.0. The zero-order valence-electron chi connectivity index (χ0n) is 18.6. The van der Waals surface area contributed by atoms with Crippen LogP contribution in [0.25, 0.3) is 0 Å². The van der Waals surface area contributed by atoms with Crippen molar-refractivity contribution in [2.45, 2.75) is 38.5 Å². The number of pyridine rings is 1. The summed E-state index contributed by atoms with van der Waals surface area (Å²) in [7, 11) is 5.67. The van der Waals surface area contributed by atoms with Gasteiger partial charge in [0.15, 0.2) is 5.96 Å². The average molecular weight is 540 g/mol. The fraction of sp³-hybridized carbons (Fsp3) is 0.478. The average Bonchev–Trinajstić information content (AvgIpc) is 2.75. The highest BCUT2D eigenvalue weighted by Gasteiger charge is 2.20. The van der Waals surface area contributed by atoms with Crippen molar-refractivity contribution < 1.29 is 4.39 Å². The van der Waals surface area contributed by atoms with Gasteiger partial charge < -0.3 is 15.5 Å². The molecule has 2 aromatic rings. The predicted molar refractivity (Wildman–Crippen MR) is 135 cm³/mol. The van der Waals surface area contributed by atoms with Gasteiger partial charge in [-0.3, -0.25) is 14.9 Å². The normalized spacial score (nSPS) is 15.6. The molecule has 1 aromatic heterocycles. The monoisotopic (exact) mass is 540 g/mol. The second kappa shape index (κ2) is 12.9. The number of aliphatic imine (C=N–C) groups is 1. The number of halogens is 2. The fourth-order valence-corrected chi connectivity index (χ4v) is 3.73. The molecule has 3 rings (SSSR count). The molecule has 2 heterocycles. The Morgan fingerprint density at radius 2 is 2.00 bits per heavy atom. The second-order valence-electron chi connectivity index (χ2n) is 8.11. The SMILES string of the molecule is CN=C(NCc1ccc(F)c(CN(C)C)c1)NC1CCN(Cc2ccccn2)CC1.I. The molecule has 2 N–H and O–H groups in total. The first kappa shape index (κ1) is 25.5. The fourth-order valence-electron chi connectivity index (χ4n) is 3.73. The smallest absolute Gasteiger partial charge is 0.191 e. The predicted octanol–water partition coefficient (Wildman–Crippen LogP) is 3.23. The molecule has 8 heteroatoms. The lowest BCUT2D eigenvalue weighted by atomic mass is 10.0. The van der Waals surface area contributed by atoms with Gasteiger partial charge in [-0.15, -0.1) is 24.0 Å². The second-order valence-corrected chi connectivity index (χ2v) is 8.11. The van der Waals surface area contributed by atoms with E-state index in [9.17, 15) is 4.39 Å². The lowest BCUT2D eigenvalue weighted by Crippen LogP contribution is -2.48. The molecule has 0 saturated carbocycles. The van der Waals surface area contributed by atoms with Crippen LogP contribution in [0.3, 0.4) is 0 Å². The number of rotatable bonds is 7. The molecule has 1 saturated heterocycles. The molecule has 170 valence electrons. The zero-order chi connectivity index (χ0) is 21.3. The summed E-state index contributed by atoms with van der Waals surface area (Å²) in [6.07, 6.45) is 3.98. The van der Waals surface area contributed by atoms with Gasteiger partial charge in [-0.1, -0.05) is 12.1 Å². The standard InChI is InChI=1S/C23H33FN6.HI/c1-25-23(27-15-18-7-8-22(24)19(14-18)16-29(2)3)28-20-9-12-30(13-10-20)17-21-6-4-5-11-26-21;/h4-8,11,14,20H,9-10,12-13,15-17H2,1-3H3,(H2,25,27,28);1H. The first-order valence-corrected chi connectivity index (χ1v) is 10.5. The Hall–Kier alpha value is -1.78. The van der Waals surface area contributed by atoms with Crippen molar-refractivity contribution in [2.24, 2.45) is 4.99 Å². The minimum absolute atomic E-state index is 0. The maximum atomic E-state index is 14.0. The van der Waals surface area contributed by atoms with Gasteiger partial charge in [0.25, 0.3) is 0 Å². The number of hydrogen-bond donors (Lipinski definition) is 2. The molecule has 0 atom stereocenters. The number of guanidine groups is 1. The molecule has 0 spiro atoms. The zero-order valence-corrected chi connectivity index (χ0v) is 21.0. The highest BCUT2D eigenvalue weighted by molar-refractivity contribution is 14.0. The Bertz CT molecular complexity index is 822. The van der Waals surface area contributed by atoms with Crippen molar-refractivity contribution in [1.82, 2.24) is 25.4 Å². The quantitative estimate of drug-likeness (QED) is 0.321. The van der Waals surface area contributed by atoms with Crippen molar-refractivity contribution in [1.29, 1.82) is 0 Å². The molecule has 1 aliphatic heterocycles. The summed E-state index contributed by atoms with van der Waals surface area (Å²) in [5.74, 6) is 0.629. The van der Waals surface area contributed by atoms with E-state index >= 15 is 0 Å². The third-order valence-electron chi connectivity index (χ3n) is 5.32. The van der Waals surface area contributed by atoms with Crippen LogP contribution in [0, 0.1) is 5.82 Å². The summed E-state index contributed by atoms with van der Waals surface area (Å²) in [5, 5.41) is 6.90. The molecule has 0 aliphatic carbocycles. The summed E-state index contributed by atoms with van der Waals surface area (Å²) >= 11 is 0. The summed E-state index contributed by atoms with van der Waals surface area (Å²) in [6.45, 7) is 4.18. The summed E-state index contributed by atoms with van der Waals surface area (Å²) in [4.78, 5) is 13.2. The molecule has 0 unspecified atom stereocenters. The van der Waals surface area contributed by atoms with Gasteiger partial charge in [-0.2, -0.15) is 0 Å². The summed E-state index contributed by atoms with van der Waals surface area (Å²) in [6, 6.07) is 11.8. The highest BCUT2D eigenvalue weighted by Crippen LogP contribution is 2.14. The molecule has 1 aromatic carbocycles. The molecular formula is C23H34FIN6. The van der Waals surface area contributed by atoms with Crippen molar-refractivity contribution in [3.8, 4) is 0 Å². The minimum Gasteiger partial charge on any atom is -0.354 e. The van der Waals surface area contributed by atoms with E-state index in [4.69, 9.17) is 0 Å². The van der Waals surface area contributed by atoms with Crippen LogP contribution in [0.5, 0.6) is 0 Å². The van der Waals surface area contributed by atoms with Crippen molar-refractivity contribution >= 4 is 29.9 Å². The topological polar surface area (TPSA) is 55.8 Å². The van der Waals surface area contributed by atoms with Gasteiger partial charge in [0.05, 0.1) is 5.69 Å². The van der Waals surface area contributed by atoms with E-state index in [-0.39, 0.29) is 29.8 Å². The molecule has 1 fully saturated rings. The number of nitrogens with one attached hydrogen (secondary N) is 2. The lowest BCUT2D eigenvalue weighted by molar-refractivity contribution is 0.196. The van der Waals surface area contributed by atoms with E-state index in [0.29, 0.717) is 24.7 Å². The van der Waals surface area contributed by atoms with Crippen molar-refractivity contribution in [3.63, 3.8) is 0 Å². The van der Waals surface area contributed by atoms with Crippen molar-refractivity contribution in [3.05, 3.63) is 65.2 Å². The molecule has 1 aliphatic rings. The number of aromatic nitrogens is 1. The van der Waals surface area contributed by atoms with Crippen LogP contribution in [0.2, 0.25) is 0 Å². The number of hydrogen-bond acceptors (Lipinski definition) is 4. The van der Waals surface area contributed by atoms with Crippen LogP contribution >= 0.6 is 24.0 Å². The Morgan fingerprint density at radius 3 is 2.65 bits per heavy atom. The largest absolute Gasteiger partial charge is 0.354 e. The molecule has 31 heavy (non-hydrogen) atoms. The van der Waals surface area contributed by atoms with Gasteiger partial charge >= 0.3 is 0 Å². The Balaban J connectivity index is 0.00000341. The van der Waals surface area contributed by atoms with Gasteiger partial charge in [-0.05, 0) is 56.8 Å². The highest BCUT2D eigenvalue weighted by atomic mass is 127. The van der Waals surface area contributed by atoms with Crippen LogP contribution in [0.1, 0.15) is 29.7 Å². The molecule has 0 radical (unpaired) electrons. The van der Waals surface area contributed by atoms with E-state index in [0.717, 1.165) is 49.7 Å². The number of likely N-dealkylation sites (tertiary alicyclic amines) is 1. The van der Waals surface area contributed by atoms with E-state index in [2.05, 4.69) is 31.6 Å². The van der Waals surface area contributed by atoms with E-state index in [1.165, 1.54) is 0 Å². The number of benzene rings is 1. The third kappa shape index (κ3) is 8.34. The summed E-state index contributed by atoms with van der Waals surface area (Å²) < 4.78 is 14.0. The van der Waals surface area contributed by atoms with E-state index in [1.807, 2.05) is 49.5 Å². The van der Waals surface area contributed by atoms with Gasteiger partial charge in [0.2, 0.25) is 0 Å². The molecule has 6 nitrogen and oxygen atoms in total. The molecular weight excluding hydrogens is 506 g/mol. The summed E-state index contributed by atoms with van der Waals surface area (Å²) in [5.41, 5.74) is 2.87. The van der Waals surface area contributed by atoms with Gasteiger partial charge in [0.1, 0.15) is 5.82 Å². The first-order valence-electron chi connectivity index (χ1n) is 10.5. The first-order chi connectivity index (χ1) is 14.5. The van der Waals surface area contributed by atoms with Crippen LogP contribution in [0.15, 0.2) is 47.6 Å².